The van der Waals surface area contributed by atoms with Crippen LogP contribution in [0.4, 0.5) is 16.2 Å². The fourth-order valence-corrected chi connectivity index (χ4v) is 5.15. The molecule has 2 atom stereocenters. The number of hydrogen-bond donors (Lipinski definition) is 3. The first-order chi connectivity index (χ1) is 18.3. The quantitative estimate of drug-likeness (QED) is 0.413. The molecular formula is C28H31ClN6O3. The van der Waals surface area contributed by atoms with Gasteiger partial charge in [-0.2, -0.15) is 0 Å². The molecule has 2 fully saturated rings. The minimum atomic E-state index is -0.325. The van der Waals surface area contributed by atoms with Crippen LogP contribution >= 0.6 is 11.6 Å². The number of carbonyl (C=O) groups is 2. The normalized spacial score (nSPS) is 19.8. The Morgan fingerprint density at radius 2 is 1.84 bits per heavy atom. The van der Waals surface area contributed by atoms with Gasteiger partial charge in [0.2, 0.25) is 5.91 Å². The van der Waals surface area contributed by atoms with Gasteiger partial charge in [-0.05, 0) is 67.8 Å². The van der Waals surface area contributed by atoms with E-state index in [1.807, 2.05) is 24.4 Å². The van der Waals surface area contributed by atoms with Crippen molar-refractivity contribution in [1.29, 1.82) is 0 Å². The zero-order chi connectivity index (χ0) is 26.7. The van der Waals surface area contributed by atoms with E-state index in [1.165, 1.54) is 6.92 Å². The van der Waals surface area contributed by atoms with Crippen LogP contribution in [-0.2, 0) is 10.3 Å². The van der Waals surface area contributed by atoms with Crippen molar-refractivity contribution in [2.24, 2.45) is 0 Å². The number of hydrogen-bond acceptors (Lipinski definition) is 6. The molecule has 0 bridgehead atoms. The molecule has 3 N–H and O–H groups in total. The first-order valence-electron chi connectivity index (χ1n) is 12.7. The van der Waals surface area contributed by atoms with Crippen molar-refractivity contribution >= 4 is 34.9 Å². The molecule has 1 aromatic carbocycles. The molecule has 2 aromatic heterocycles. The van der Waals surface area contributed by atoms with Gasteiger partial charge in [0.25, 0.3) is 0 Å². The lowest BCUT2D eigenvalue weighted by atomic mass is 9.88. The number of nitrogens with one attached hydrogen (secondary N) is 3. The highest BCUT2D eigenvalue weighted by Crippen LogP contribution is 2.44. The van der Waals surface area contributed by atoms with Gasteiger partial charge in [-0.25, -0.2) is 4.79 Å². The van der Waals surface area contributed by atoms with Crippen molar-refractivity contribution in [3.8, 4) is 5.75 Å². The molecule has 1 saturated heterocycles. The lowest BCUT2D eigenvalue weighted by Gasteiger charge is -2.39. The van der Waals surface area contributed by atoms with Gasteiger partial charge in [-0.15, -0.1) is 0 Å². The van der Waals surface area contributed by atoms with Crippen LogP contribution in [0.3, 0.4) is 0 Å². The van der Waals surface area contributed by atoms with Crippen LogP contribution in [0.2, 0.25) is 5.02 Å². The van der Waals surface area contributed by atoms with Crippen LogP contribution < -0.4 is 25.6 Å². The van der Waals surface area contributed by atoms with Crippen molar-refractivity contribution in [3.63, 3.8) is 0 Å². The summed E-state index contributed by atoms with van der Waals surface area (Å²) in [4.78, 5) is 36.1. The molecular weight excluding hydrogens is 504 g/mol. The van der Waals surface area contributed by atoms with E-state index in [0.717, 1.165) is 42.9 Å². The molecule has 3 heterocycles. The average Bonchev–Trinajstić information content (AvgIpc) is 3.70. The van der Waals surface area contributed by atoms with E-state index in [-0.39, 0.29) is 29.4 Å². The van der Waals surface area contributed by atoms with E-state index < -0.39 is 0 Å². The summed E-state index contributed by atoms with van der Waals surface area (Å²) in [7, 11) is 1.61. The molecule has 2 aliphatic rings. The van der Waals surface area contributed by atoms with E-state index >= 15 is 0 Å². The van der Waals surface area contributed by atoms with Crippen molar-refractivity contribution < 1.29 is 14.3 Å². The summed E-state index contributed by atoms with van der Waals surface area (Å²) >= 11 is 5.96. The Labute approximate surface area is 227 Å². The third-order valence-corrected chi connectivity index (χ3v) is 7.43. The van der Waals surface area contributed by atoms with Gasteiger partial charge in [0.15, 0.2) is 0 Å². The Balaban J connectivity index is 1.32. The third-order valence-electron chi connectivity index (χ3n) is 7.17. The minimum Gasteiger partial charge on any atom is -0.495 e. The molecule has 9 nitrogen and oxygen atoms in total. The predicted octanol–water partition coefficient (Wildman–Crippen LogP) is 4.45. The topological polar surface area (TPSA) is 108 Å². The van der Waals surface area contributed by atoms with Crippen molar-refractivity contribution in [3.05, 3.63) is 77.3 Å². The summed E-state index contributed by atoms with van der Waals surface area (Å²) in [5.74, 6) is 0.580. The number of pyridine rings is 2. The average molecular weight is 535 g/mol. The highest BCUT2D eigenvalue weighted by Gasteiger charge is 2.46. The van der Waals surface area contributed by atoms with Gasteiger partial charge in [0.1, 0.15) is 5.75 Å². The number of carbonyl (C=O) groups excluding carboxylic acids is 2. The zero-order valence-corrected chi connectivity index (χ0v) is 22.2. The van der Waals surface area contributed by atoms with E-state index in [0.29, 0.717) is 23.0 Å². The van der Waals surface area contributed by atoms with Crippen LogP contribution in [0.15, 0.2) is 60.9 Å². The van der Waals surface area contributed by atoms with Gasteiger partial charge >= 0.3 is 6.03 Å². The van der Waals surface area contributed by atoms with E-state index in [2.05, 4.69) is 31.9 Å². The Hall–Kier alpha value is -3.85. The summed E-state index contributed by atoms with van der Waals surface area (Å²) in [5, 5.41) is 9.69. The monoisotopic (exact) mass is 534 g/mol. The second kappa shape index (κ2) is 10.9. The van der Waals surface area contributed by atoms with Crippen LogP contribution in [0, 0.1) is 0 Å². The van der Waals surface area contributed by atoms with Crippen LogP contribution in [0.1, 0.15) is 43.5 Å². The SMILES string of the molecule is COc1ccc([C@@H]2CN(c3ccc(C4(NC(C)=O)CC4)nc3)CC[C@H]2NC(=O)Nc2ccc(Cl)cc2)nc1. The summed E-state index contributed by atoms with van der Waals surface area (Å²) in [6.07, 6.45) is 6.10. The number of anilines is 2. The van der Waals surface area contributed by atoms with Crippen molar-refractivity contribution in [1.82, 2.24) is 20.6 Å². The number of aromatic nitrogens is 2. The molecule has 3 amide bonds. The number of benzene rings is 1. The number of urea groups is 1. The van der Waals surface area contributed by atoms with E-state index in [4.69, 9.17) is 21.3 Å². The lowest BCUT2D eigenvalue weighted by Crippen LogP contribution is -2.51. The molecule has 5 rings (SSSR count). The Kier molecular flexibility index (Phi) is 7.37. The van der Waals surface area contributed by atoms with Crippen LogP contribution in [0.5, 0.6) is 5.75 Å². The fourth-order valence-electron chi connectivity index (χ4n) is 5.02. The minimum absolute atomic E-state index is 0.0436. The predicted molar refractivity (Wildman–Crippen MR) is 147 cm³/mol. The molecule has 1 saturated carbocycles. The van der Waals surface area contributed by atoms with Crippen molar-refractivity contribution in [2.45, 2.75) is 43.7 Å². The first kappa shape index (κ1) is 25.8. The molecule has 3 aromatic rings. The van der Waals surface area contributed by atoms with Crippen molar-refractivity contribution in [2.75, 3.05) is 30.4 Å². The maximum absolute atomic E-state index is 12.9. The molecule has 10 heteroatoms. The number of piperidine rings is 1. The second-order valence-electron chi connectivity index (χ2n) is 9.84. The molecule has 38 heavy (non-hydrogen) atoms. The summed E-state index contributed by atoms with van der Waals surface area (Å²) < 4.78 is 5.28. The number of halogens is 1. The first-order valence-corrected chi connectivity index (χ1v) is 13.1. The Morgan fingerprint density at radius 1 is 1.05 bits per heavy atom. The highest BCUT2D eigenvalue weighted by molar-refractivity contribution is 6.30. The number of ether oxygens (including phenoxy) is 1. The van der Waals surface area contributed by atoms with E-state index in [9.17, 15) is 9.59 Å². The van der Waals surface area contributed by atoms with Crippen LogP contribution in [-0.4, -0.2) is 48.1 Å². The molecule has 0 radical (unpaired) electrons. The number of amides is 3. The van der Waals surface area contributed by atoms with Crippen LogP contribution in [0.25, 0.3) is 0 Å². The summed E-state index contributed by atoms with van der Waals surface area (Å²) in [5.41, 5.74) is 3.10. The highest BCUT2D eigenvalue weighted by atomic mass is 35.5. The maximum atomic E-state index is 12.9. The number of methoxy groups -OCH3 is 1. The smallest absolute Gasteiger partial charge is 0.319 e. The Bertz CT molecular complexity index is 1280. The molecule has 0 spiro atoms. The van der Waals surface area contributed by atoms with Gasteiger partial charge in [0.05, 0.1) is 36.4 Å². The molecule has 1 aliphatic carbocycles. The van der Waals surface area contributed by atoms with Gasteiger partial charge in [-0.3, -0.25) is 14.8 Å². The third kappa shape index (κ3) is 5.83. The largest absolute Gasteiger partial charge is 0.495 e. The van der Waals surface area contributed by atoms with Gasteiger partial charge in [-0.1, -0.05) is 11.6 Å². The lowest BCUT2D eigenvalue weighted by molar-refractivity contribution is -0.120. The molecule has 198 valence electrons. The maximum Gasteiger partial charge on any atom is 0.319 e. The number of nitrogens with zero attached hydrogens (tertiary/aromatic N) is 3. The fraction of sp³-hybridized carbons (Fsp3) is 0.357. The molecule has 1 aliphatic heterocycles. The number of rotatable bonds is 7. The van der Waals surface area contributed by atoms with E-state index in [1.54, 1.807) is 37.6 Å². The second-order valence-corrected chi connectivity index (χ2v) is 10.3. The Morgan fingerprint density at radius 3 is 2.45 bits per heavy atom. The van der Waals surface area contributed by atoms with Gasteiger partial charge < -0.3 is 25.6 Å². The summed E-state index contributed by atoms with van der Waals surface area (Å²) in [6, 6.07) is 14.5. The standard InChI is InChI=1S/C28H31ClN6O3/c1-18(36)34-28(12-13-28)26-10-7-21(15-31-26)35-14-11-25(23(17-35)24-9-8-22(38-2)16-30-24)33-27(37)32-20-5-3-19(29)4-6-20/h3-10,15-16,23,25H,11-14,17H2,1-2H3,(H,34,36)(H2,32,33,37)/t23-,25+/m0/s1. The van der Waals surface area contributed by atoms with Gasteiger partial charge in [0, 0.05) is 48.4 Å². The summed E-state index contributed by atoms with van der Waals surface area (Å²) in [6.45, 7) is 2.94. The zero-order valence-electron chi connectivity index (χ0n) is 21.4. The molecule has 0 unspecified atom stereocenters.